The summed E-state index contributed by atoms with van der Waals surface area (Å²) in [5, 5.41) is 0. The third kappa shape index (κ3) is 2.05. The van der Waals surface area contributed by atoms with E-state index in [1.165, 1.54) is 16.7 Å². The van der Waals surface area contributed by atoms with Gasteiger partial charge >= 0.3 is 0 Å². The second kappa shape index (κ2) is 3.70. The molecule has 0 radical (unpaired) electrons. The number of quaternary nitrogens is 1. The number of hydrogen-bond donors (Lipinski definition) is 0. The molecule has 0 fully saturated rings. The van der Waals surface area contributed by atoms with E-state index in [-0.39, 0.29) is 0 Å². The highest BCUT2D eigenvalue weighted by molar-refractivity contribution is 5.69. The van der Waals surface area contributed by atoms with Gasteiger partial charge in [0.05, 0.1) is 27.5 Å². The Bertz CT molecular complexity index is 393. The van der Waals surface area contributed by atoms with E-state index in [0.717, 1.165) is 17.6 Å². The van der Waals surface area contributed by atoms with Gasteiger partial charge in [-0.1, -0.05) is 24.3 Å². The molecule has 2 nitrogen and oxygen atoms in total. The Labute approximate surface area is 91.4 Å². The maximum atomic E-state index is 5.16. The van der Waals surface area contributed by atoms with E-state index in [0.29, 0.717) is 0 Å². The van der Waals surface area contributed by atoms with E-state index in [2.05, 4.69) is 38.4 Å². The average molecular weight is 204 g/mol. The minimum absolute atomic E-state index is 0.992. The van der Waals surface area contributed by atoms with Gasteiger partial charge in [0.1, 0.15) is 13.1 Å². The molecule has 1 aliphatic rings. The molecule has 80 valence electrons. The molecule has 0 spiro atoms. The maximum Gasteiger partial charge on any atom is 0.108 e. The van der Waals surface area contributed by atoms with Crippen molar-refractivity contribution < 1.29 is 9.22 Å². The smallest absolute Gasteiger partial charge is 0.108 e. The van der Waals surface area contributed by atoms with E-state index >= 15 is 0 Å². The van der Waals surface area contributed by atoms with Crippen LogP contribution in [0.15, 0.2) is 30.5 Å². The Hall–Kier alpha value is -1.28. The molecule has 0 saturated heterocycles. The molecule has 1 heterocycles. The number of ether oxygens (including phenoxy) is 1. The average Bonchev–Trinajstić information content (AvgIpc) is 2.16. The molecule has 0 atom stereocenters. The molecule has 1 aromatic carbocycles. The van der Waals surface area contributed by atoms with Crippen LogP contribution in [0.25, 0.3) is 5.57 Å². The molecular weight excluding hydrogens is 186 g/mol. The first-order valence-corrected chi connectivity index (χ1v) is 5.24. The molecule has 0 N–H and O–H groups in total. The van der Waals surface area contributed by atoms with Crippen LogP contribution in [0.3, 0.4) is 0 Å². The molecule has 1 aromatic rings. The van der Waals surface area contributed by atoms with E-state index < -0.39 is 0 Å². The normalized spacial score (nSPS) is 21.1. The van der Waals surface area contributed by atoms with Crippen LogP contribution in [0.5, 0.6) is 0 Å². The van der Waals surface area contributed by atoms with Gasteiger partial charge in [-0.2, -0.15) is 0 Å². The third-order valence-corrected chi connectivity index (χ3v) is 2.82. The number of hydrogen-bond acceptors (Lipinski definition) is 1. The van der Waals surface area contributed by atoms with Crippen molar-refractivity contribution in [3.8, 4) is 0 Å². The lowest BCUT2D eigenvalue weighted by Crippen LogP contribution is -2.43. The first-order valence-electron chi connectivity index (χ1n) is 5.24. The van der Waals surface area contributed by atoms with Gasteiger partial charge in [0.2, 0.25) is 0 Å². The lowest BCUT2D eigenvalue weighted by molar-refractivity contribution is -0.897. The predicted molar refractivity (Wildman–Crippen MR) is 62.1 cm³/mol. The zero-order chi connectivity index (χ0) is 10.9. The Kier molecular flexibility index (Phi) is 2.53. The van der Waals surface area contributed by atoms with Gasteiger partial charge < -0.3 is 9.22 Å². The van der Waals surface area contributed by atoms with E-state index in [4.69, 9.17) is 4.74 Å². The summed E-state index contributed by atoms with van der Waals surface area (Å²) in [5.74, 6) is 0. The van der Waals surface area contributed by atoms with Crippen molar-refractivity contribution in [2.75, 3.05) is 27.7 Å². The van der Waals surface area contributed by atoms with Crippen LogP contribution in [0.2, 0.25) is 0 Å². The van der Waals surface area contributed by atoms with Crippen LogP contribution in [-0.4, -0.2) is 32.2 Å². The van der Waals surface area contributed by atoms with Gasteiger partial charge in [-0.05, 0) is 5.56 Å². The molecule has 0 bridgehead atoms. The van der Waals surface area contributed by atoms with Crippen LogP contribution in [0.1, 0.15) is 11.1 Å². The SMILES string of the molecule is CO/C=C1/C[N+](C)(C)Cc2ccccc21. The molecular formula is C13H18NO+. The molecule has 0 amide bonds. The van der Waals surface area contributed by atoms with Gasteiger partial charge in [-0.3, -0.25) is 0 Å². The summed E-state index contributed by atoms with van der Waals surface area (Å²) in [6.45, 7) is 2.13. The number of nitrogens with zero attached hydrogens (tertiary/aromatic N) is 1. The van der Waals surface area contributed by atoms with E-state index in [1.807, 2.05) is 6.26 Å². The fraction of sp³-hybridized carbons (Fsp3) is 0.385. The number of likely N-dealkylation sites (N-methyl/N-ethyl adjacent to an activating group) is 1. The Morgan fingerprint density at radius 1 is 1.20 bits per heavy atom. The molecule has 0 aromatic heterocycles. The minimum atomic E-state index is 0.992. The Morgan fingerprint density at radius 2 is 1.93 bits per heavy atom. The fourth-order valence-corrected chi connectivity index (χ4v) is 2.28. The molecule has 0 aliphatic carbocycles. The van der Waals surface area contributed by atoms with Gasteiger partial charge in [0.25, 0.3) is 0 Å². The Morgan fingerprint density at radius 3 is 2.67 bits per heavy atom. The van der Waals surface area contributed by atoms with Gasteiger partial charge in [-0.25, -0.2) is 0 Å². The van der Waals surface area contributed by atoms with Gasteiger partial charge in [0, 0.05) is 11.1 Å². The highest BCUT2D eigenvalue weighted by Gasteiger charge is 2.27. The van der Waals surface area contributed by atoms with Crippen molar-refractivity contribution in [1.82, 2.24) is 0 Å². The highest BCUT2D eigenvalue weighted by atomic mass is 16.5. The standard InChI is InChI=1S/C13H18NO/c1-14(2)8-11-6-4-5-7-13(11)12(9-14)10-15-3/h4-7,10H,8-9H2,1-3H3/q+1/b12-10-. The first kappa shape index (κ1) is 10.2. The van der Waals surface area contributed by atoms with Crippen molar-refractivity contribution >= 4 is 5.57 Å². The molecule has 0 unspecified atom stereocenters. The summed E-state index contributed by atoms with van der Waals surface area (Å²) in [6.07, 6.45) is 1.87. The highest BCUT2D eigenvalue weighted by Crippen LogP contribution is 2.29. The quantitative estimate of drug-likeness (QED) is 0.503. The minimum Gasteiger partial charge on any atom is -0.504 e. The lowest BCUT2D eigenvalue weighted by Gasteiger charge is -2.35. The number of fused-ring (bicyclic) bond motifs is 1. The summed E-state index contributed by atoms with van der Waals surface area (Å²) in [6, 6.07) is 8.58. The van der Waals surface area contributed by atoms with E-state index in [1.54, 1.807) is 7.11 Å². The van der Waals surface area contributed by atoms with Crippen LogP contribution in [0.4, 0.5) is 0 Å². The molecule has 1 aliphatic heterocycles. The third-order valence-electron chi connectivity index (χ3n) is 2.82. The van der Waals surface area contributed by atoms with Crippen molar-refractivity contribution in [3.63, 3.8) is 0 Å². The second-order valence-corrected chi connectivity index (χ2v) is 4.79. The molecule has 2 heteroatoms. The summed E-state index contributed by atoms with van der Waals surface area (Å²) < 4.78 is 6.15. The fourth-order valence-electron chi connectivity index (χ4n) is 2.28. The summed E-state index contributed by atoms with van der Waals surface area (Å²) in [7, 11) is 6.21. The number of methoxy groups -OCH3 is 1. The number of benzene rings is 1. The summed E-state index contributed by atoms with van der Waals surface area (Å²) >= 11 is 0. The molecule has 15 heavy (non-hydrogen) atoms. The van der Waals surface area contributed by atoms with Gasteiger partial charge in [0.15, 0.2) is 0 Å². The van der Waals surface area contributed by atoms with Crippen molar-refractivity contribution in [2.24, 2.45) is 0 Å². The van der Waals surface area contributed by atoms with E-state index in [9.17, 15) is 0 Å². The summed E-state index contributed by atoms with van der Waals surface area (Å²) in [4.78, 5) is 0. The predicted octanol–water partition coefficient (Wildman–Crippen LogP) is 2.26. The lowest BCUT2D eigenvalue weighted by atomic mass is 9.95. The van der Waals surface area contributed by atoms with Crippen LogP contribution in [0, 0.1) is 0 Å². The largest absolute Gasteiger partial charge is 0.504 e. The van der Waals surface area contributed by atoms with Gasteiger partial charge in [-0.15, -0.1) is 0 Å². The van der Waals surface area contributed by atoms with Crippen molar-refractivity contribution in [3.05, 3.63) is 41.7 Å². The van der Waals surface area contributed by atoms with Crippen molar-refractivity contribution in [1.29, 1.82) is 0 Å². The number of rotatable bonds is 1. The second-order valence-electron chi connectivity index (χ2n) is 4.79. The van der Waals surface area contributed by atoms with Crippen molar-refractivity contribution in [2.45, 2.75) is 6.54 Å². The summed E-state index contributed by atoms with van der Waals surface area (Å²) in [5.41, 5.74) is 4.05. The topological polar surface area (TPSA) is 9.23 Å². The van der Waals surface area contributed by atoms with Crippen LogP contribution in [-0.2, 0) is 11.3 Å². The van der Waals surface area contributed by atoms with Crippen LogP contribution >= 0.6 is 0 Å². The Balaban J connectivity index is 2.48. The van der Waals surface area contributed by atoms with Crippen LogP contribution < -0.4 is 0 Å². The molecule has 2 rings (SSSR count). The first-order chi connectivity index (χ1) is 7.12. The monoisotopic (exact) mass is 204 g/mol. The zero-order valence-corrected chi connectivity index (χ0v) is 9.66. The molecule has 0 saturated carbocycles. The zero-order valence-electron chi connectivity index (χ0n) is 9.66. The maximum absolute atomic E-state index is 5.16.